The van der Waals surface area contributed by atoms with Crippen LogP contribution in [0.4, 0.5) is 18.3 Å². The Hall–Kier alpha value is -3.34. The van der Waals surface area contributed by atoms with E-state index in [9.17, 15) is 22.8 Å². The highest BCUT2D eigenvalue weighted by Gasteiger charge is 2.28. The van der Waals surface area contributed by atoms with Crippen molar-refractivity contribution in [2.45, 2.75) is 6.18 Å². The van der Waals surface area contributed by atoms with E-state index in [1.807, 2.05) is 0 Å². The van der Waals surface area contributed by atoms with Crippen LogP contribution in [0.1, 0.15) is 20.8 Å². The second kappa shape index (κ2) is 7.72. The number of benzene rings is 1. The van der Waals surface area contributed by atoms with Gasteiger partial charge in [0.05, 0.1) is 5.69 Å². The number of nitrogens with zero attached hydrogens (tertiary/aromatic N) is 1. The zero-order valence-electron chi connectivity index (χ0n) is 14.0. The quantitative estimate of drug-likeness (QED) is 0.578. The summed E-state index contributed by atoms with van der Waals surface area (Å²) in [6, 6.07) is 6.79. The minimum Gasteiger partial charge on any atom is -0.484 e. The molecule has 3 aromatic rings. The molecule has 3 rings (SSSR count). The Balaban J connectivity index is 1.63. The third kappa shape index (κ3) is 4.88. The Bertz CT molecular complexity index is 996. The lowest BCUT2D eigenvalue weighted by atomic mass is 10.2. The molecule has 146 valence electrons. The minimum absolute atomic E-state index is 0.00289. The number of hydrogen-bond acceptors (Lipinski definition) is 5. The largest absolute Gasteiger partial charge is 0.484 e. The van der Waals surface area contributed by atoms with Gasteiger partial charge in [-0.2, -0.15) is 13.2 Å². The highest BCUT2D eigenvalue weighted by Crippen LogP contribution is 2.26. The molecule has 0 fully saturated rings. The zero-order chi connectivity index (χ0) is 20.3. The number of nitrogens with two attached hydrogens (primary N) is 1. The lowest BCUT2D eigenvalue weighted by molar-refractivity contribution is -0.153. The maximum atomic E-state index is 12.2. The number of anilines is 1. The summed E-state index contributed by atoms with van der Waals surface area (Å²) in [6.07, 6.45) is -2.86. The third-order valence-electron chi connectivity index (χ3n) is 3.49. The normalized spacial score (nSPS) is 11.2. The fraction of sp³-hybridized carbons (Fsp3) is 0.118. The van der Waals surface area contributed by atoms with Crippen molar-refractivity contribution in [2.75, 3.05) is 11.9 Å². The molecule has 0 radical (unpaired) electrons. The molecule has 2 aromatic heterocycles. The maximum Gasteiger partial charge on any atom is 0.422 e. The van der Waals surface area contributed by atoms with Gasteiger partial charge in [0.2, 0.25) is 0 Å². The number of ether oxygens (including phenoxy) is 1. The molecule has 0 unspecified atom stereocenters. The fourth-order valence-electron chi connectivity index (χ4n) is 2.19. The van der Waals surface area contributed by atoms with E-state index in [4.69, 9.17) is 5.73 Å². The first-order chi connectivity index (χ1) is 13.2. The molecular formula is C17H13F3N4O3S. The van der Waals surface area contributed by atoms with Crippen LogP contribution >= 0.6 is 11.3 Å². The number of nitrogens with one attached hydrogen (secondary N) is 2. The first-order valence-corrected chi connectivity index (χ1v) is 8.64. The molecule has 7 nitrogen and oxygen atoms in total. The number of hydrogen-bond donors (Lipinski definition) is 3. The van der Waals surface area contributed by atoms with Gasteiger partial charge in [-0.25, -0.2) is 4.98 Å². The SMILES string of the molecule is NC(=O)c1cc(-c2csc(NC(=O)c3ccc(OCC(F)(F)F)cc3)n2)c[nH]1. The predicted octanol–water partition coefficient (Wildman–Crippen LogP) is 3.43. The predicted molar refractivity (Wildman–Crippen MR) is 96.4 cm³/mol. The van der Waals surface area contributed by atoms with Crippen LogP contribution in [0, 0.1) is 0 Å². The number of amides is 2. The van der Waals surface area contributed by atoms with Crippen LogP contribution in [0.2, 0.25) is 0 Å². The van der Waals surface area contributed by atoms with Crippen molar-refractivity contribution in [1.29, 1.82) is 0 Å². The van der Waals surface area contributed by atoms with Crippen LogP contribution < -0.4 is 15.8 Å². The second-order valence-electron chi connectivity index (χ2n) is 5.59. The van der Waals surface area contributed by atoms with Crippen LogP contribution in [-0.4, -0.2) is 34.6 Å². The minimum atomic E-state index is -4.43. The molecule has 0 spiro atoms. The average Bonchev–Trinajstić information content (AvgIpc) is 3.29. The van der Waals surface area contributed by atoms with E-state index in [-0.39, 0.29) is 17.0 Å². The number of carbonyl (C=O) groups excluding carboxylic acids is 2. The summed E-state index contributed by atoms with van der Waals surface area (Å²) < 4.78 is 41.0. The number of halogens is 3. The number of H-pyrrole nitrogens is 1. The molecule has 0 aliphatic carbocycles. The summed E-state index contributed by atoms with van der Waals surface area (Å²) in [5, 5.41) is 4.61. The van der Waals surface area contributed by atoms with Gasteiger partial charge in [-0.3, -0.25) is 14.9 Å². The lowest BCUT2D eigenvalue weighted by Gasteiger charge is -2.09. The van der Waals surface area contributed by atoms with Crippen LogP contribution in [0.25, 0.3) is 11.3 Å². The van der Waals surface area contributed by atoms with Crippen molar-refractivity contribution in [1.82, 2.24) is 9.97 Å². The number of thiazole rings is 1. The number of primary amides is 1. The molecule has 0 saturated heterocycles. The van der Waals surface area contributed by atoms with Gasteiger partial charge in [-0.1, -0.05) is 0 Å². The molecule has 0 saturated carbocycles. The van der Waals surface area contributed by atoms with Gasteiger partial charge in [0.25, 0.3) is 11.8 Å². The Morgan fingerprint density at radius 1 is 1.25 bits per heavy atom. The number of alkyl halides is 3. The Kier molecular flexibility index (Phi) is 5.36. The molecule has 0 aliphatic rings. The molecule has 0 bridgehead atoms. The van der Waals surface area contributed by atoms with Crippen molar-refractivity contribution >= 4 is 28.3 Å². The van der Waals surface area contributed by atoms with Crippen molar-refractivity contribution in [3.63, 3.8) is 0 Å². The highest BCUT2D eigenvalue weighted by atomic mass is 32.1. The molecule has 11 heteroatoms. The summed E-state index contributed by atoms with van der Waals surface area (Å²) in [4.78, 5) is 30.4. The molecule has 2 amide bonds. The van der Waals surface area contributed by atoms with Gasteiger partial charge >= 0.3 is 6.18 Å². The van der Waals surface area contributed by atoms with Gasteiger partial charge < -0.3 is 15.5 Å². The summed E-state index contributed by atoms with van der Waals surface area (Å²) in [7, 11) is 0. The molecule has 0 aliphatic heterocycles. The number of carbonyl (C=O) groups is 2. The Labute approximate surface area is 160 Å². The summed E-state index contributed by atoms with van der Waals surface area (Å²) in [6.45, 7) is -1.41. The van der Waals surface area contributed by atoms with Crippen molar-refractivity contribution in [3.8, 4) is 17.0 Å². The molecule has 4 N–H and O–H groups in total. The van der Waals surface area contributed by atoms with Crippen molar-refractivity contribution < 1.29 is 27.5 Å². The van der Waals surface area contributed by atoms with E-state index in [0.717, 1.165) is 0 Å². The van der Waals surface area contributed by atoms with Crippen molar-refractivity contribution in [2.24, 2.45) is 5.73 Å². The van der Waals surface area contributed by atoms with E-state index in [1.165, 1.54) is 35.6 Å². The van der Waals surface area contributed by atoms with E-state index in [2.05, 4.69) is 20.0 Å². The van der Waals surface area contributed by atoms with Crippen molar-refractivity contribution in [3.05, 3.63) is 53.2 Å². The number of aromatic nitrogens is 2. The molecule has 28 heavy (non-hydrogen) atoms. The number of aromatic amines is 1. The molecule has 1 aromatic carbocycles. The van der Waals surface area contributed by atoms with Crippen LogP contribution in [0.15, 0.2) is 41.9 Å². The standard InChI is InChI=1S/C17H13F3N4O3S/c18-17(19,20)8-27-11-3-1-9(2-4-11)15(26)24-16-23-13(7-28-16)10-5-12(14(21)25)22-6-10/h1-7,22H,8H2,(H2,21,25)(H,23,24,26). The van der Waals surface area contributed by atoms with Gasteiger partial charge in [0.1, 0.15) is 11.4 Å². The van der Waals surface area contributed by atoms with Crippen LogP contribution in [-0.2, 0) is 0 Å². The summed E-state index contributed by atoms with van der Waals surface area (Å²) in [5.74, 6) is -1.07. The average molecular weight is 410 g/mol. The van der Waals surface area contributed by atoms with E-state index < -0.39 is 24.6 Å². The van der Waals surface area contributed by atoms with E-state index in [1.54, 1.807) is 17.6 Å². The van der Waals surface area contributed by atoms with E-state index in [0.29, 0.717) is 16.4 Å². The van der Waals surface area contributed by atoms with Gasteiger partial charge in [-0.15, -0.1) is 11.3 Å². The first-order valence-electron chi connectivity index (χ1n) is 7.76. The van der Waals surface area contributed by atoms with E-state index >= 15 is 0 Å². The Morgan fingerprint density at radius 2 is 1.96 bits per heavy atom. The maximum absolute atomic E-state index is 12.2. The van der Waals surface area contributed by atoms with Crippen LogP contribution in [0.3, 0.4) is 0 Å². The third-order valence-corrected chi connectivity index (χ3v) is 4.25. The summed E-state index contributed by atoms with van der Waals surface area (Å²) in [5.41, 5.74) is 6.83. The Morgan fingerprint density at radius 3 is 2.57 bits per heavy atom. The smallest absolute Gasteiger partial charge is 0.422 e. The van der Waals surface area contributed by atoms with Gasteiger partial charge in [0.15, 0.2) is 11.7 Å². The highest BCUT2D eigenvalue weighted by molar-refractivity contribution is 7.14. The lowest BCUT2D eigenvalue weighted by Crippen LogP contribution is -2.19. The summed E-state index contributed by atoms with van der Waals surface area (Å²) >= 11 is 1.18. The topological polar surface area (TPSA) is 110 Å². The number of rotatable bonds is 6. The molecule has 2 heterocycles. The zero-order valence-corrected chi connectivity index (χ0v) is 14.9. The van der Waals surface area contributed by atoms with Gasteiger partial charge in [0, 0.05) is 22.7 Å². The first kappa shape index (κ1) is 19.4. The monoisotopic (exact) mass is 410 g/mol. The fourth-order valence-corrected chi connectivity index (χ4v) is 2.90. The second-order valence-corrected chi connectivity index (χ2v) is 6.44. The molecular weight excluding hydrogens is 397 g/mol. The van der Waals surface area contributed by atoms with Gasteiger partial charge in [-0.05, 0) is 30.3 Å². The van der Waals surface area contributed by atoms with Crippen LogP contribution in [0.5, 0.6) is 5.75 Å². The molecule has 0 atom stereocenters.